The molecule has 4 saturated heterocycles. The summed E-state index contributed by atoms with van der Waals surface area (Å²) >= 11 is 5.84. The number of likely N-dealkylation sites (N-methyl/N-ethyl adjacent to an activating group) is 2. The Morgan fingerprint density at radius 1 is 0.516 bits per heavy atom. The molecule has 4 fully saturated rings. The normalized spacial score (nSPS) is 16.7. The van der Waals surface area contributed by atoms with Crippen LogP contribution in [0.25, 0.3) is 22.1 Å². The SMILES string of the molecule is COc1cc(N2CCC(N3CCN(C)CC3)CC2)c(C)cc1N.COc1cc(N2CCC(N3CCN(C)CC3)CC2)c(C)cc1Nc1ncc(C)c(Nc2ccc3nccnc3c2CS(C)(=O)=O)n1.Cc1cnc(Cl)nc1Nc1ccc2nccnc2c1CS(C)(=O)=O. The van der Waals surface area contributed by atoms with E-state index in [2.05, 4.69) is 126 Å². The summed E-state index contributed by atoms with van der Waals surface area (Å²) in [6.45, 7) is 21.7. The summed E-state index contributed by atoms with van der Waals surface area (Å²) in [5.41, 5.74) is 18.5. The van der Waals surface area contributed by atoms with Crippen LogP contribution in [-0.2, 0) is 31.2 Å². The number of anilines is 9. The molecule has 496 valence electrons. The second-order valence-corrected chi connectivity index (χ2v) is 29.4. The van der Waals surface area contributed by atoms with Gasteiger partial charge in [0.1, 0.15) is 23.1 Å². The molecule has 4 aliphatic rings. The summed E-state index contributed by atoms with van der Waals surface area (Å²) in [7, 11) is 1.17. The summed E-state index contributed by atoms with van der Waals surface area (Å²) in [5.74, 6) is 2.59. The molecule has 27 heteroatoms. The lowest BCUT2D eigenvalue weighted by Gasteiger charge is -2.43. The van der Waals surface area contributed by atoms with E-state index in [1.165, 1.54) is 74.7 Å². The summed E-state index contributed by atoms with van der Waals surface area (Å²) < 4.78 is 59.6. The molecule has 4 aliphatic heterocycles. The van der Waals surface area contributed by atoms with E-state index in [4.69, 9.17) is 31.8 Å². The molecule has 8 aromatic rings. The number of nitrogens with one attached hydrogen (secondary N) is 3. The number of nitrogen functional groups attached to an aromatic ring is 1. The number of ether oxygens (including phenoxy) is 2. The highest BCUT2D eigenvalue weighted by Gasteiger charge is 2.30. The first-order valence-electron chi connectivity index (χ1n) is 31.4. The summed E-state index contributed by atoms with van der Waals surface area (Å²) in [6.07, 6.45) is 16.8. The molecule has 0 atom stereocenters. The zero-order valence-corrected chi connectivity index (χ0v) is 57.3. The zero-order chi connectivity index (χ0) is 66.1. The highest BCUT2D eigenvalue weighted by Crippen LogP contribution is 2.38. The number of piperidine rings is 2. The van der Waals surface area contributed by atoms with Crippen molar-refractivity contribution in [2.24, 2.45) is 0 Å². The van der Waals surface area contributed by atoms with Gasteiger partial charge in [-0.25, -0.2) is 31.8 Å². The average Bonchev–Trinajstić information content (AvgIpc) is 0.872. The number of hydrogen-bond acceptors (Lipinski definition) is 24. The van der Waals surface area contributed by atoms with Crippen LogP contribution in [0.4, 0.5) is 51.7 Å². The lowest BCUT2D eigenvalue weighted by molar-refractivity contribution is 0.0982. The molecule has 0 radical (unpaired) electrons. The number of sulfone groups is 2. The average molecular weight is 1330 g/mol. The molecule has 0 spiro atoms. The predicted octanol–water partition coefficient (Wildman–Crippen LogP) is 8.77. The molecule has 93 heavy (non-hydrogen) atoms. The monoisotopic (exact) mass is 1330 g/mol. The van der Waals surface area contributed by atoms with Crippen LogP contribution in [0.2, 0.25) is 5.28 Å². The maximum atomic E-state index is 12.3. The van der Waals surface area contributed by atoms with Crippen molar-refractivity contribution in [2.45, 2.75) is 77.0 Å². The third-order valence-corrected chi connectivity index (χ3v) is 19.6. The third kappa shape index (κ3) is 17.5. The quantitative estimate of drug-likeness (QED) is 0.0520. The Balaban J connectivity index is 0.000000169. The fourth-order valence-electron chi connectivity index (χ4n) is 12.6. The van der Waals surface area contributed by atoms with Crippen LogP contribution in [0.5, 0.6) is 11.5 Å². The summed E-state index contributed by atoms with van der Waals surface area (Å²) in [5, 5.41) is 9.92. The van der Waals surface area contributed by atoms with Crippen molar-refractivity contribution in [2.75, 3.05) is 151 Å². The molecule has 0 bridgehead atoms. The maximum absolute atomic E-state index is 12.3. The van der Waals surface area contributed by atoms with Crippen molar-refractivity contribution in [3.63, 3.8) is 0 Å². The van der Waals surface area contributed by atoms with Gasteiger partial charge in [0.15, 0.2) is 19.7 Å². The topological polar surface area (TPSA) is 271 Å². The number of benzene rings is 4. The van der Waals surface area contributed by atoms with Gasteiger partial charge in [-0.15, -0.1) is 0 Å². The van der Waals surface area contributed by atoms with E-state index in [0.29, 0.717) is 73.9 Å². The number of aryl methyl sites for hydroxylation is 4. The van der Waals surface area contributed by atoms with Crippen molar-refractivity contribution in [1.82, 2.24) is 59.5 Å². The van der Waals surface area contributed by atoms with E-state index < -0.39 is 19.7 Å². The Kier molecular flexibility index (Phi) is 22.0. The first-order valence-corrected chi connectivity index (χ1v) is 35.9. The highest BCUT2D eigenvalue weighted by atomic mass is 35.5. The van der Waals surface area contributed by atoms with Crippen LogP contribution < -0.4 is 41.0 Å². The van der Waals surface area contributed by atoms with Crippen LogP contribution in [0.15, 0.2) is 85.7 Å². The zero-order valence-electron chi connectivity index (χ0n) is 54.9. The Labute approximate surface area is 551 Å². The van der Waals surface area contributed by atoms with Gasteiger partial charge >= 0.3 is 0 Å². The minimum Gasteiger partial charge on any atom is -0.495 e. The fraction of sp³-hybridized carbons (Fsp3) is 0.455. The Morgan fingerprint density at radius 2 is 0.946 bits per heavy atom. The molecule has 0 unspecified atom stereocenters. The number of methoxy groups -OCH3 is 2. The number of hydrogen-bond donors (Lipinski definition) is 4. The predicted molar refractivity (Wildman–Crippen MR) is 373 cm³/mol. The van der Waals surface area contributed by atoms with Crippen LogP contribution in [0.3, 0.4) is 0 Å². The molecule has 0 aliphatic carbocycles. The number of nitrogens with zero attached hydrogens (tertiary/aromatic N) is 14. The van der Waals surface area contributed by atoms with Crippen LogP contribution in [0, 0.1) is 27.7 Å². The smallest absolute Gasteiger partial charge is 0.229 e. The molecule has 5 N–H and O–H groups in total. The second-order valence-electron chi connectivity index (χ2n) is 24.8. The molecular weight excluding hydrogens is 1240 g/mol. The number of rotatable bonds is 16. The lowest BCUT2D eigenvalue weighted by atomic mass is 10.0. The van der Waals surface area contributed by atoms with E-state index >= 15 is 0 Å². The lowest BCUT2D eigenvalue weighted by Crippen LogP contribution is -2.52. The van der Waals surface area contributed by atoms with Crippen LogP contribution in [0.1, 0.15) is 59.1 Å². The van der Waals surface area contributed by atoms with Gasteiger partial charge in [-0.1, -0.05) is 0 Å². The van der Waals surface area contributed by atoms with Gasteiger partial charge in [0, 0.05) is 197 Å². The van der Waals surface area contributed by atoms with Crippen molar-refractivity contribution >= 4 is 105 Å². The summed E-state index contributed by atoms with van der Waals surface area (Å²) in [4.78, 5) is 49.8. The molecule has 4 aromatic heterocycles. The second kappa shape index (κ2) is 30.0. The van der Waals surface area contributed by atoms with Gasteiger partial charge in [-0.2, -0.15) is 4.98 Å². The first kappa shape index (κ1) is 68.0. The van der Waals surface area contributed by atoms with Gasteiger partial charge in [0.05, 0.1) is 59.2 Å². The highest BCUT2D eigenvalue weighted by molar-refractivity contribution is 7.90. The standard InChI is InChI=1S/C33H43N9O3S.C18H30N4O.C15H14ClN5O2S/c1-22-18-28(30(45-4)19-29(22)42-12-8-24(9-13-42)41-16-14-40(3)15-17-41)38-33-36-20-23(2)32(39-33)37-26-6-7-27-31(35-11-10-34-27)25(26)21-46(5,43)44;1-14-12-16(19)18(23-3)13-17(14)22-6-4-15(5-7-22)21-10-8-20(2)9-11-21;1-9-7-19-15(16)21-14(9)20-11-3-4-12-13(18-6-5-17-12)10(11)8-24(2,22)23/h6-7,10-11,18-20,24H,8-9,12-17,21H2,1-5H3,(H2,36,37,38,39);12-13,15H,4-11,19H2,1-3H3;3-7H,8H2,1-2H3,(H,19,20,21). The van der Waals surface area contributed by atoms with Gasteiger partial charge < -0.3 is 50.8 Å². The Morgan fingerprint density at radius 3 is 1.41 bits per heavy atom. The van der Waals surface area contributed by atoms with E-state index in [9.17, 15) is 16.8 Å². The van der Waals surface area contributed by atoms with E-state index in [-0.39, 0.29) is 16.8 Å². The third-order valence-electron chi connectivity index (χ3n) is 17.8. The number of halogens is 1. The maximum Gasteiger partial charge on any atom is 0.229 e. The molecule has 4 aromatic carbocycles. The van der Waals surface area contributed by atoms with Crippen molar-refractivity contribution in [3.8, 4) is 11.5 Å². The van der Waals surface area contributed by atoms with Crippen LogP contribution >= 0.6 is 11.6 Å². The molecule has 12 rings (SSSR count). The minimum atomic E-state index is -3.35. The summed E-state index contributed by atoms with van der Waals surface area (Å²) in [6, 6.07) is 16.9. The van der Waals surface area contributed by atoms with Crippen molar-refractivity contribution in [3.05, 3.63) is 124 Å². The van der Waals surface area contributed by atoms with E-state index in [0.717, 1.165) is 105 Å². The van der Waals surface area contributed by atoms with Crippen molar-refractivity contribution in [1.29, 1.82) is 0 Å². The minimum absolute atomic E-state index is 0.105. The molecule has 24 nitrogen and oxygen atoms in total. The molecule has 0 amide bonds. The number of fused-ring (bicyclic) bond motifs is 2. The van der Waals surface area contributed by atoms with Gasteiger partial charge in [0.25, 0.3) is 0 Å². The van der Waals surface area contributed by atoms with Gasteiger partial charge in [-0.3, -0.25) is 29.7 Å². The van der Waals surface area contributed by atoms with E-state index in [1.54, 1.807) is 57.3 Å². The largest absolute Gasteiger partial charge is 0.495 e. The Hall–Kier alpha value is -7.85. The van der Waals surface area contributed by atoms with E-state index in [1.807, 2.05) is 32.0 Å². The molecule has 8 heterocycles. The Bertz CT molecular complexity index is 4160. The number of aromatic nitrogens is 8. The fourth-order valence-corrected chi connectivity index (χ4v) is 14.4. The molecule has 0 saturated carbocycles. The molecular formula is C66H87ClN18O6S2. The van der Waals surface area contributed by atoms with Crippen molar-refractivity contribution < 1.29 is 26.3 Å². The first-order chi connectivity index (χ1) is 44.5. The van der Waals surface area contributed by atoms with Gasteiger partial charge in [0.2, 0.25) is 11.2 Å². The number of piperazine rings is 2. The van der Waals surface area contributed by atoms with Crippen LogP contribution in [-0.4, -0.2) is 208 Å². The number of nitrogens with two attached hydrogens (primary N) is 1. The van der Waals surface area contributed by atoms with Gasteiger partial charge in [-0.05, 0) is 127 Å².